The van der Waals surface area contributed by atoms with Crippen LogP contribution in [0.3, 0.4) is 0 Å². The molecule has 2 aromatic heterocycles. The maximum Gasteiger partial charge on any atom is 0.235 e. The predicted octanol–water partition coefficient (Wildman–Crippen LogP) is 11.5. The van der Waals surface area contributed by atoms with Gasteiger partial charge in [0.25, 0.3) is 0 Å². The summed E-state index contributed by atoms with van der Waals surface area (Å²) in [4.78, 5) is 13.0. The molecular weight excluding hydrogens is 585 g/mol. The van der Waals surface area contributed by atoms with Gasteiger partial charge in [-0.25, -0.2) is 9.97 Å². The van der Waals surface area contributed by atoms with Gasteiger partial charge in [0.15, 0.2) is 0 Å². The summed E-state index contributed by atoms with van der Waals surface area (Å²) in [6, 6.07) is 60.2. The lowest BCUT2D eigenvalue weighted by Crippen LogP contribution is -2.11. The van der Waals surface area contributed by atoms with E-state index in [1.165, 1.54) is 27.6 Å². The zero-order chi connectivity index (χ0) is 31.6. The molecule has 0 amide bonds. The van der Waals surface area contributed by atoms with Gasteiger partial charge in [-0.3, -0.25) is 4.57 Å². The van der Waals surface area contributed by atoms with E-state index in [0.717, 1.165) is 55.6 Å². The molecule has 10 rings (SSSR count). The number of nitrogens with zero attached hydrogens (tertiary/aromatic N) is 4. The van der Waals surface area contributed by atoms with Crippen molar-refractivity contribution in [3.63, 3.8) is 0 Å². The number of hydrogen-bond acceptors (Lipinski definition) is 3. The highest BCUT2D eigenvalue weighted by Crippen LogP contribution is 2.52. The first-order chi connectivity index (χ1) is 23.8. The summed E-state index contributed by atoms with van der Waals surface area (Å²) in [5.41, 5.74) is 13.2. The Morgan fingerprint density at radius 2 is 1.02 bits per heavy atom. The molecule has 48 heavy (non-hydrogen) atoms. The standard InChI is InChI=1S/C44H28N4/c1-3-15-29(16-4-1)43-35-23-9-12-24-38(35)45-44(46-43)48-40-26-14-11-22-34(40)37-27-36-32-20-8-7-19-31(32)33-21-10-13-25-39(33)47(41(36)28-42(37)48)30-17-5-2-6-18-30/h1-28H. The van der Waals surface area contributed by atoms with Gasteiger partial charge < -0.3 is 4.90 Å². The fourth-order valence-electron chi connectivity index (χ4n) is 7.43. The molecule has 4 heteroatoms. The van der Waals surface area contributed by atoms with Crippen molar-refractivity contribution in [1.82, 2.24) is 14.5 Å². The molecular formula is C44H28N4. The van der Waals surface area contributed by atoms with E-state index in [-0.39, 0.29) is 0 Å². The number of hydrogen-bond donors (Lipinski definition) is 0. The van der Waals surface area contributed by atoms with E-state index in [1.807, 2.05) is 12.1 Å². The zero-order valence-electron chi connectivity index (χ0n) is 26.0. The summed E-state index contributed by atoms with van der Waals surface area (Å²) in [7, 11) is 0. The molecule has 0 bridgehead atoms. The molecule has 0 N–H and O–H groups in total. The van der Waals surface area contributed by atoms with Crippen LogP contribution in [0.5, 0.6) is 0 Å². The Kier molecular flexibility index (Phi) is 5.84. The number of para-hydroxylation sites is 4. The highest BCUT2D eigenvalue weighted by Gasteiger charge is 2.28. The average Bonchev–Trinajstić information content (AvgIpc) is 3.42. The van der Waals surface area contributed by atoms with E-state index in [9.17, 15) is 0 Å². The van der Waals surface area contributed by atoms with Gasteiger partial charge in [-0.15, -0.1) is 0 Å². The van der Waals surface area contributed by atoms with Crippen molar-refractivity contribution in [2.24, 2.45) is 0 Å². The van der Waals surface area contributed by atoms with Crippen molar-refractivity contribution < 1.29 is 0 Å². The molecule has 224 valence electrons. The number of benzene rings is 7. The smallest absolute Gasteiger partial charge is 0.235 e. The number of rotatable bonds is 3. The first-order valence-corrected chi connectivity index (χ1v) is 16.3. The first kappa shape index (κ1) is 26.7. The SMILES string of the molecule is c1ccc(-c2nc(-n3c4ccccc4c4cc5c(cc43)N(c3ccccc3)c3ccccc3-c3ccccc3-5)nc3ccccc23)cc1. The molecule has 0 radical (unpaired) electrons. The van der Waals surface area contributed by atoms with Crippen LogP contribution in [0, 0.1) is 0 Å². The molecule has 9 aromatic rings. The Bertz CT molecular complexity index is 2670. The minimum absolute atomic E-state index is 0.652. The van der Waals surface area contributed by atoms with E-state index in [0.29, 0.717) is 5.95 Å². The van der Waals surface area contributed by atoms with Gasteiger partial charge in [0.2, 0.25) is 5.95 Å². The number of anilines is 3. The number of fused-ring (bicyclic) bond motifs is 9. The van der Waals surface area contributed by atoms with E-state index >= 15 is 0 Å². The molecule has 0 aliphatic carbocycles. The van der Waals surface area contributed by atoms with Crippen LogP contribution >= 0.6 is 0 Å². The summed E-state index contributed by atoms with van der Waals surface area (Å²) in [6.07, 6.45) is 0. The van der Waals surface area contributed by atoms with Gasteiger partial charge in [-0.1, -0.05) is 127 Å². The maximum absolute atomic E-state index is 5.33. The van der Waals surface area contributed by atoms with Crippen molar-refractivity contribution in [2.75, 3.05) is 4.90 Å². The monoisotopic (exact) mass is 612 g/mol. The quantitative estimate of drug-likeness (QED) is 0.199. The van der Waals surface area contributed by atoms with Gasteiger partial charge in [0.05, 0.1) is 33.6 Å². The van der Waals surface area contributed by atoms with Crippen LogP contribution in [0.25, 0.3) is 72.2 Å². The van der Waals surface area contributed by atoms with E-state index in [2.05, 4.69) is 167 Å². The Morgan fingerprint density at radius 1 is 0.396 bits per heavy atom. The average molecular weight is 613 g/mol. The Labute approximate surface area is 277 Å². The second kappa shape index (κ2) is 10.5. The molecule has 0 fully saturated rings. The largest absolute Gasteiger partial charge is 0.309 e. The van der Waals surface area contributed by atoms with Crippen molar-refractivity contribution in [3.8, 4) is 39.5 Å². The molecule has 1 aliphatic heterocycles. The van der Waals surface area contributed by atoms with E-state index in [1.54, 1.807) is 0 Å². The first-order valence-electron chi connectivity index (χ1n) is 16.3. The van der Waals surface area contributed by atoms with E-state index in [4.69, 9.17) is 9.97 Å². The highest BCUT2D eigenvalue weighted by atomic mass is 15.2. The second-order valence-electron chi connectivity index (χ2n) is 12.2. The van der Waals surface area contributed by atoms with Crippen LogP contribution < -0.4 is 4.90 Å². The fourth-order valence-corrected chi connectivity index (χ4v) is 7.43. The lowest BCUT2D eigenvalue weighted by molar-refractivity contribution is 1.01. The van der Waals surface area contributed by atoms with E-state index < -0.39 is 0 Å². The minimum atomic E-state index is 0.652. The zero-order valence-corrected chi connectivity index (χ0v) is 26.0. The predicted molar refractivity (Wildman–Crippen MR) is 198 cm³/mol. The molecule has 3 heterocycles. The van der Waals surface area contributed by atoms with Crippen molar-refractivity contribution in [2.45, 2.75) is 0 Å². The molecule has 4 nitrogen and oxygen atoms in total. The van der Waals surface area contributed by atoms with Crippen LogP contribution in [0.1, 0.15) is 0 Å². The molecule has 0 unspecified atom stereocenters. The minimum Gasteiger partial charge on any atom is -0.309 e. The Hall–Kier alpha value is -6.52. The Morgan fingerprint density at radius 3 is 1.83 bits per heavy atom. The molecule has 0 saturated heterocycles. The number of aromatic nitrogens is 3. The summed E-state index contributed by atoms with van der Waals surface area (Å²) in [6.45, 7) is 0. The summed E-state index contributed by atoms with van der Waals surface area (Å²) < 4.78 is 2.25. The fraction of sp³-hybridized carbons (Fsp3) is 0. The summed E-state index contributed by atoms with van der Waals surface area (Å²) >= 11 is 0. The van der Waals surface area contributed by atoms with Crippen LogP contribution in [0.15, 0.2) is 170 Å². The van der Waals surface area contributed by atoms with Crippen LogP contribution in [-0.4, -0.2) is 14.5 Å². The second-order valence-corrected chi connectivity index (χ2v) is 12.2. The third kappa shape index (κ3) is 3.96. The summed E-state index contributed by atoms with van der Waals surface area (Å²) in [5.74, 6) is 0.652. The van der Waals surface area contributed by atoms with Crippen LogP contribution in [0.4, 0.5) is 17.1 Å². The van der Waals surface area contributed by atoms with Crippen molar-refractivity contribution >= 4 is 49.8 Å². The van der Waals surface area contributed by atoms with Gasteiger partial charge in [-0.2, -0.15) is 0 Å². The normalized spacial score (nSPS) is 12.1. The third-order valence-corrected chi connectivity index (χ3v) is 9.54. The van der Waals surface area contributed by atoms with Crippen molar-refractivity contribution in [3.05, 3.63) is 170 Å². The van der Waals surface area contributed by atoms with Crippen molar-refractivity contribution in [1.29, 1.82) is 0 Å². The molecule has 7 aromatic carbocycles. The maximum atomic E-state index is 5.33. The summed E-state index contributed by atoms with van der Waals surface area (Å²) in [5, 5.41) is 3.36. The lowest BCUT2D eigenvalue weighted by Gasteiger charge is -2.27. The molecule has 0 saturated carbocycles. The third-order valence-electron chi connectivity index (χ3n) is 9.54. The van der Waals surface area contributed by atoms with Gasteiger partial charge >= 0.3 is 0 Å². The Balaban J connectivity index is 1.34. The van der Waals surface area contributed by atoms with Gasteiger partial charge in [-0.05, 0) is 53.6 Å². The van der Waals surface area contributed by atoms with Crippen LogP contribution in [0.2, 0.25) is 0 Å². The lowest BCUT2D eigenvalue weighted by atomic mass is 9.94. The highest BCUT2D eigenvalue weighted by molar-refractivity contribution is 6.14. The topological polar surface area (TPSA) is 34.0 Å². The molecule has 0 atom stereocenters. The van der Waals surface area contributed by atoms with Crippen LogP contribution in [-0.2, 0) is 0 Å². The van der Waals surface area contributed by atoms with Gasteiger partial charge in [0.1, 0.15) is 0 Å². The molecule has 1 aliphatic rings. The van der Waals surface area contributed by atoms with Gasteiger partial charge in [0, 0.05) is 38.5 Å². The molecule has 0 spiro atoms.